The Morgan fingerprint density at radius 2 is 1.81 bits per heavy atom. The Balaban J connectivity index is 1.35. The zero-order chi connectivity index (χ0) is 17.9. The molecular weight excluding hydrogens is 392 g/mol. The Labute approximate surface area is 162 Å². The molecule has 0 N–H and O–H groups in total. The van der Waals surface area contributed by atoms with E-state index in [0.29, 0.717) is 18.5 Å². The van der Waals surface area contributed by atoms with Gasteiger partial charge in [-0.05, 0) is 43.0 Å². The number of pyridine rings is 1. The van der Waals surface area contributed by atoms with E-state index in [0.717, 1.165) is 42.3 Å². The van der Waals surface area contributed by atoms with Crippen LogP contribution in [0, 0.1) is 0 Å². The molecule has 0 aliphatic carbocycles. The van der Waals surface area contributed by atoms with Crippen LogP contribution in [0.1, 0.15) is 37.7 Å². The maximum atomic E-state index is 12.9. The van der Waals surface area contributed by atoms with Crippen LogP contribution in [0.3, 0.4) is 0 Å². The first-order chi connectivity index (χ1) is 12.7. The number of rotatable bonds is 5. The zero-order valence-electron chi connectivity index (χ0n) is 14.7. The maximum Gasteiger partial charge on any atom is 0.223 e. The van der Waals surface area contributed by atoms with Crippen LogP contribution in [0.4, 0.5) is 0 Å². The Morgan fingerprint density at radius 3 is 2.50 bits per heavy atom. The van der Waals surface area contributed by atoms with Gasteiger partial charge in [0, 0.05) is 48.2 Å². The van der Waals surface area contributed by atoms with E-state index in [4.69, 9.17) is 4.74 Å². The third-order valence-corrected chi connectivity index (χ3v) is 6.27. The van der Waals surface area contributed by atoms with Crippen molar-refractivity contribution in [3.05, 3.63) is 58.8 Å². The van der Waals surface area contributed by atoms with Crippen molar-refractivity contribution in [3.63, 3.8) is 0 Å². The van der Waals surface area contributed by atoms with Crippen molar-refractivity contribution in [1.29, 1.82) is 0 Å². The molecule has 0 saturated carbocycles. The lowest BCUT2D eigenvalue weighted by Crippen LogP contribution is -2.49. The van der Waals surface area contributed by atoms with Crippen LogP contribution in [-0.4, -0.2) is 34.0 Å². The summed E-state index contributed by atoms with van der Waals surface area (Å²) in [6, 6.07) is 12.6. The number of fused-ring (bicyclic) bond motifs is 2. The Kier molecular flexibility index (Phi) is 5.25. The Hall–Kier alpha value is -1.88. The fourth-order valence-corrected chi connectivity index (χ4v) is 4.79. The van der Waals surface area contributed by atoms with Gasteiger partial charge in [-0.3, -0.25) is 9.78 Å². The molecule has 0 unspecified atom stereocenters. The topological polar surface area (TPSA) is 42.4 Å². The minimum Gasteiger partial charge on any atom is -0.490 e. The summed E-state index contributed by atoms with van der Waals surface area (Å²) >= 11 is 3.57. The Bertz CT molecular complexity index is 754. The first-order valence-corrected chi connectivity index (χ1v) is 10.1. The van der Waals surface area contributed by atoms with Crippen molar-refractivity contribution in [3.8, 4) is 5.75 Å². The summed E-state index contributed by atoms with van der Waals surface area (Å²) in [6.07, 6.45) is 9.12. The van der Waals surface area contributed by atoms with E-state index in [1.807, 2.05) is 30.3 Å². The molecule has 2 aliphatic heterocycles. The van der Waals surface area contributed by atoms with Crippen LogP contribution < -0.4 is 4.74 Å². The van der Waals surface area contributed by atoms with E-state index in [9.17, 15) is 4.79 Å². The van der Waals surface area contributed by atoms with E-state index >= 15 is 0 Å². The number of carbonyl (C=O) groups excluding carboxylic acids is 1. The summed E-state index contributed by atoms with van der Waals surface area (Å²) < 4.78 is 7.21. The SMILES string of the molecule is O=C(CCc1ccccc1Br)N1[C@H]2CC[C@H]1CC(Oc1ccncc1)C2. The highest BCUT2D eigenvalue weighted by Gasteiger charge is 2.43. The average molecular weight is 415 g/mol. The summed E-state index contributed by atoms with van der Waals surface area (Å²) in [7, 11) is 0. The number of piperidine rings is 1. The lowest BCUT2D eigenvalue weighted by molar-refractivity contribution is -0.137. The third-order valence-electron chi connectivity index (χ3n) is 5.50. The molecule has 0 radical (unpaired) electrons. The minimum atomic E-state index is 0.196. The van der Waals surface area contributed by atoms with Crippen LogP contribution in [0.2, 0.25) is 0 Å². The normalized spacial score (nSPS) is 24.5. The molecule has 1 aromatic carbocycles. The number of halogens is 1. The molecule has 0 spiro atoms. The maximum absolute atomic E-state index is 12.9. The lowest BCUT2D eigenvalue weighted by atomic mass is 9.98. The molecule has 1 amide bonds. The number of aromatic nitrogens is 1. The molecule has 2 aliphatic rings. The fourth-order valence-electron chi connectivity index (χ4n) is 4.31. The molecule has 2 atom stereocenters. The molecule has 136 valence electrons. The predicted octanol–water partition coefficient (Wildman–Crippen LogP) is 4.38. The van der Waals surface area contributed by atoms with Gasteiger partial charge < -0.3 is 9.64 Å². The molecule has 4 rings (SSSR count). The van der Waals surface area contributed by atoms with Gasteiger partial charge in [-0.25, -0.2) is 0 Å². The minimum absolute atomic E-state index is 0.196. The molecule has 26 heavy (non-hydrogen) atoms. The van der Waals surface area contributed by atoms with Crippen LogP contribution in [0.25, 0.3) is 0 Å². The summed E-state index contributed by atoms with van der Waals surface area (Å²) in [5.41, 5.74) is 1.20. The first-order valence-electron chi connectivity index (χ1n) is 9.32. The van der Waals surface area contributed by atoms with Crippen LogP contribution in [0.5, 0.6) is 5.75 Å². The summed E-state index contributed by atoms with van der Waals surface area (Å²) in [6.45, 7) is 0. The number of carbonyl (C=O) groups is 1. The van der Waals surface area contributed by atoms with Crippen LogP contribution >= 0.6 is 15.9 Å². The van der Waals surface area contributed by atoms with E-state index in [1.54, 1.807) is 12.4 Å². The number of aryl methyl sites for hydroxylation is 1. The monoisotopic (exact) mass is 414 g/mol. The molecule has 3 heterocycles. The zero-order valence-corrected chi connectivity index (χ0v) is 16.3. The molecule has 2 saturated heterocycles. The fraction of sp³-hybridized carbons (Fsp3) is 0.429. The highest BCUT2D eigenvalue weighted by molar-refractivity contribution is 9.10. The van der Waals surface area contributed by atoms with Gasteiger partial charge in [0.05, 0.1) is 0 Å². The second kappa shape index (κ2) is 7.78. The number of ether oxygens (including phenoxy) is 1. The second-order valence-corrected chi connectivity index (χ2v) is 8.03. The molecule has 4 nitrogen and oxygen atoms in total. The third kappa shape index (κ3) is 3.78. The van der Waals surface area contributed by atoms with Gasteiger partial charge in [-0.15, -0.1) is 0 Å². The molecule has 5 heteroatoms. The second-order valence-electron chi connectivity index (χ2n) is 7.17. The van der Waals surface area contributed by atoms with Crippen LogP contribution in [0.15, 0.2) is 53.3 Å². The largest absolute Gasteiger partial charge is 0.490 e. The van der Waals surface area contributed by atoms with E-state index in [2.05, 4.69) is 31.9 Å². The van der Waals surface area contributed by atoms with Crippen molar-refractivity contribution >= 4 is 21.8 Å². The summed E-state index contributed by atoms with van der Waals surface area (Å²) in [5, 5.41) is 0. The quantitative estimate of drug-likeness (QED) is 0.728. The number of amides is 1. The van der Waals surface area contributed by atoms with Crippen molar-refractivity contribution in [2.45, 2.75) is 56.7 Å². The Morgan fingerprint density at radius 1 is 1.12 bits per heavy atom. The lowest BCUT2D eigenvalue weighted by Gasteiger charge is -2.39. The van der Waals surface area contributed by atoms with Gasteiger partial charge in [0.15, 0.2) is 0 Å². The van der Waals surface area contributed by atoms with Gasteiger partial charge in [0.2, 0.25) is 5.91 Å². The first kappa shape index (κ1) is 17.5. The summed E-state index contributed by atoms with van der Waals surface area (Å²) in [5.74, 6) is 1.16. The average Bonchev–Trinajstić information content (AvgIpc) is 2.93. The smallest absolute Gasteiger partial charge is 0.223 e. The van der Waals surface area contributed by atoms with Gasteiger partial charge in [-0.2, -0.15) is 0 Å². The predicted molar refractivity (Wildman–Crippen MR) is 104 cm³/mol. The summed E-state index contributed by atoms with van der Waals surface area (Å²) in [4.78, 5) is 19.1. The van der Waals surface area contributed by atoms with Crippen molar-refractivity contribution < 1.29 is 9.53 Å². The van der Waals surface area contributed by atoms with Gasteiger partial charge in [0.25, 0.3) is 0 Å². The van der Waals surface area contributed by atoms with Gasteiger partial charge >= 0.3 is 0 Å². The van der Waals surface area contributed by atoms with E-state index in [1.165, 1.54) is 5.56 Å². The van der Waals surface area contributed by atoms with Gasteiger partial charge in [-0.1, -0.05) is 34.1 Å². The highest BCUT2D eigenvalue weighted by atomic mass is 79.9. The number of hydrogen-bond acceptors (Lipinski definition) is 3. The standard InChI is InChI=1S/C21H23BrN2O2/c22-20-4-2-1-3-15(20)5-8-21(25)24-16-6-7-17(24)14-19(13-16)26-18-9-11-23-12-10-18/h1-4,9-12,16-17,19H,5-8,13-14H2/t16-,17-/m0/s1. The molecule has 2 aromatic rings. The van der Waals surface area contributed by atoms with Crippen LogP contribution in [-0.2, 0) is 11.2 Å². The number of benzene rings is 1. The van der Waals surface area contributed by atoms with E-state index < -0.39 is 0 Å². The highest BCUT2D eigenvalue weighted by Crippen LogP contribution is 2.37. The number of hydrogen-bond donors (Lipinski definition) is 0. The molecular formula is C21H23BrN2O2. The van der Waals surface area contributed by atoms with E-state index in [-0.39, 0.29) is 12.0 Å². The van der Waals surface area contributed by atoms with Crippen molar-refractivity contribution in [2.24, 2.45) is 0 Å². The van der Waals surface area contributed by atoms with Crippen molar-refractivity contribution in [1.82, 2.24) is 9.88 Å². The van der Waals surface area contributed by atoms with Gasteiger partial charge in [0.1, 0.15) is 11.9 Å². The number of nitrogens with zero attached hydrogens (tertiary/aromatic N) is 2. The molecule has 1 aromatic heterocycles. The van der Waals surface area contributed by atoms with Crippen molar-refractivity contribution in [2.75, 3.05) is 0 Å². The molecule has 2 fully saturated rings. The molecule has 2 bridgehead atoms.